The summed E-state index contributed by atoms with van der Waals surface area (Å²) in [6.45, 7) is 2.02. The highest BCUT2D eigenvalue weighted by atomic mass is 32.2. The third-order valence-electron chi connectivity index (χ3n) is 10.1. The first kappa shape index (κ1) is 39.4. The summed E-state index contributed by atoms with van der Waals surface area (Å²) in [6.07, 6.45) is -0.845. The molecule has 12 nitrogen and oxygen atoms in total. The molecule has 1 aromatic heterocycles. The number of alkyl carbamates (subject to hydrolysis) is 1. The van der Waals surface area contributed by atoms with Gasteiger partial charge < -0.3 is 29.7 Å². The van der Waals surface area contributed by atoms with Crippen LogP contribution in [0.25, 0.3) is 11.1 Å². The molecule has 5 aromatic rings. The number of ether oxygens (including phenoxy) is 3. The number of amides is 3. The fourth-order valence-electron chi connectivity index (χ4n) is 6.94. The summed E-state index contributed by atoms with van der Waals surface area (Å²) in [5.41, 5.74) is 5.80. The Kier molecular flexibility index (Phi) is 12.4. The minimum Gasteiger partial charge on any atom is -0.478 e. The molecule has 5 atom stereocenters. The highest BCUT2D eigenvalue weighted by Crippen LogP contribution is 2.43. The van der Waals surface area contributed by atoms with E-state index in [0.29, 0.717) is 10.8 Å². The second-order valence-corrected chi connectivity index (χ2v) is 14.9. The van der Waals surface area contributed by atoms with Crippen LogP contribution in [-0.2, 0) is 43.6 Å². The number of pyridine rings is 1. The second kappa shape index (κ2) is 17.9. The number of carboxylic acid groups (broad SMARTS) is 1. The zero-order valence-corrected chi connectivity index (χ0v) is 31.8. The summed E-state index contributed by atoms with van der Waals surface area (Å²) in [5, 5.41) is 22.3. The predicted molar refractivity (Wildman–Crippen MR) is 210 cm³/mol. The van der Waals surface area contributed by atoms with Crippen LogP contribution in [0.1, 0.15) is 63.9 Å². The smallest absolute Gasteiger partial charge is 0.408 e. The SMILES string of the molecule is CC1C(CSc2ncccc2C(=O)O)OC(c2ccc(-c3ccccc3CN3C(=O)CC(NC(=O)OCc4ccccc4)C3=O)cc2)OC1c1ccc(CO)cc1. The van der Waals surface area contributed by atoms with Gasteiger partial charge in [-0.3, -0.25) is 14.5 Å². The zero-order valence-electron chi connectivity index (χ0n) is 31.0. The molecule has 3 N–H and O–H groups in total. The minimum atomic E-state index is -1.05. The molecular formula is C44H41N3O9S. The third-order valence-corrected chi connectivity index (χ3v) is 11.2. The van der Waals surface area contributed by atoms with E-state index < -0.39 is 36.2 Å². The first-order chi connectivity index (χ1) is 27.7. The third kappa shape index (κ3) is 9.24. The van der Waals surface area contributed by atoms with Gasteiger partial charge in [-0.2, -0.15) is 0 Å². The lowest BCUT2D eigenvalue weighted by Crippen LogP contribution is -2.41. The fraction of sp³-hybridized carbons (Fsp3) is 0.250. The monoisotopic (exact) mass is 787 g/mol. The Morgan fingerprint density at radius 2 is 1.60 bits per heavy atom. The van der Waals surface area contributed by atoms with Crippen molar-refractivity contribution in [1.82, 2.24) is 15.2 Å². The lowest BCUT2D eigenvalue weighted by Gasteiger charge is -2.41. The normalized spacial score (nSPS) is 20.7. The number of imide groups is 1. The molecule has 2 saturated heterocycles. The van der Waals surface area contributed by atoms with Gasteiger partial charge >= 0.3 is 12.1 Å². The number of aliphatic hydroxyl groups excluding tert-OH is 1. The molecule has 57 heavy (non-hydrogen) atoms. The van der Waals surface area contributed by atoms with Gasteiger partial charge in [0.2, 0.25) is 5.91 Å². The topological polar surface area (TPSA) is 165 Å². The number of aromatic carboxylic acids is 1. The molecule has 4 aromatic carbocycles. The number of rotatable bonds is 13. The maximum absolute atomic E-state index is 13.3. The van der Waals surface area contributed by atoms with Crippen molar-refractivity contribution in [3.05, 3.63) is 155 Å². The van der Waals surface area contributed by atoms with E-state index in [1.54, 1.807) is 12.3 Å². The van der Waals surface area contributed by atoms with Gasteiger partial charge in [0, 0.05) is 23.4 Å². The van der Waals surface area contributed by atoms with E-state index in [0.717, 1.165) is 43.8 Å². The molecule has 2 aliphatic rings. The van der Waals surface area contributed by atoms with Crippen molar-refractivity contribution in [3.63, 3.8) is 0 Å². The summed E-state index contributed by atoms with van der Waals surface area (Å²) < 4.78 is 18.5. The Morgan fingerprint density at radius 1 is 0.877 bits per heavy atom. The quantitative estimate of drug-likeness (QED) is 0.0826. The van der Waals surface area contributed by atoms with Crippen LogP contribution in [0.15, 0.2) is 126 Å². The van der Waals surface area contributed by atoms with E-state index >= 15 is 0 Å². The average Bonchev–Trinajstić information content (AvgIpc) is 3.50. The maximum atomic E-state index is 13.3. The van der Waals surface area contributed by atoms with Crippen molar-refractivity contribution in [1.29, 1.82) is 0 Å². The van der Waals surface area contributed by atoms with Crippen LogP contribution in [0.4, 0.5) is 4.79 Å². The van der Waals surface area contributed by atoms with Crippen LogP contribution in [0.5, 0.6) is 0 Å². The number of nitrogens with zero attached hydrogens (tertiary/aromatic N) is 2. The van der Waals surface area contributed by atoms with Gasteiger partial charge in [-0.25, -0.2) is 14.6 Å². The molecule has 0 radical (unpaired) electrons. The van der Waals surface area contributed by atoms with E-state index in [1.165, 1.54) is 17.8 Å². The Morgan fingerprint density at radius 3 is 2.33 bits per heavy atom. The number of benzene rings is 4. The molecule has 13 heteroatoms. The van der Waals surface area contributed by atoms with Gasteiger partial charge in [0.05, 0.1) is 37.3 Å². The highest BCUT2D eigenvalue weighted by molar-refractivity contribution is 7.99. The number of aliphatic hydroxyl groups is 1. The molecule has 2 fully saturated rings. The number of nitrogens with one attached hydrogen (secondary N) is 1. The van der Waals surface area contributed by atoms with Crippen LogP contribution >= 0.6 is 11.8 Å². The van der Waals surface area contributed by atoms with Gasteiger partial charge in [-0.1, -0.05) is 110 Å². The molecule has 0 bridgehead atoms. The number of hydrogen-bond acceptors (Lipinski definition) is 10. The Hall–Kier alpha value is -5.86. The number of carbonyl (C=O) groups is 4. The van der Waals surface area contributed by atoms with Crippen molar-refractivity contribution < 1.29 is 43.6 Å². The summed E-state index contributed by atoms with van der Waals surface area (Å²) in [7, 11) is 0. The van der Waals surface area contributed by atoms with Gasteiger partial charge in [-0.05, 0) is 45.5 Å². The van der Waals surface area contributed by atoms with Gasteiger partial charge in [0.15, 0.2) is 6.29 Å². The van der Waals surface area contributed by atoms with Crippen LogP contribution < -0.4 is 5.32 Å². The van der Waals surface area contributed by atoms with E-state index in [1.807, 2.05) is 110 Å². The van der Waals surface area contributed by atoms with Gasteiger partial charge in [0.1, 0.15) is 17.7 Å². The van der Waals surface area contributed by atoms with Crippen LogP contribution in [0, 0.1) is 5.92 Å². The predicted octanol–water partition coefficient (Wildman–Crippen LogP) is 7.08. The summed E-state index contributed by atoms with van der Waals surface area (Å²) in [6, 6.07) is 34.1. The molecule has 0 spiro atoms. The molecule has 0 aliphatic carbocycles. The van der Waals surface area contributed by atoms with E-state index in [-0.39, 0.29) is 49.9 Å². The Bertz CT molecular complexity index is 2220. The van der Waals surface area contributed by atoms with Crippen molar-refractivity contribution in [3.8, 4) is 11.1 Å². The van der Waals surface area contributed by atoms with Crippen LogP contribution in [-0.4, -0.2) is 61.9 Å². The molecule has 5 unspecified atom stereocenters. The number of carboxylic acids is 1. The number of carbonyl (C=O) groups excluding carboxylic acids is 3. The highest BCUT2D eigenvalue weighted by Gasteiger charge is 2.41. The van der Waals surface area contributed by atoms with Crippen molar-refractivity contribution in [2.24, 2.45) is 5.92 Å². The van der Waals surface area contributed by atoms with Gasteiger partial charge in [-0.15, -0.1) is 11.8 Å². The summed E-state index contributed by atoms with van der Waals surface area (Å²) >= 11 is 1.32. The Labute approximate surface area is 333 Å². The number of thioether (sulfide) groups is 1. The lowest BCUT2D eigenvalue weighted by atomic mass is 9.91. The molecule has 3 heterocycles. The fourth-order valence-corrected chi connectivity index (χ4v) is 8.09. The maximum Gasteiger partial charge on any atom is 0.408 e. The molecular weight excluding hydrogens is 747 g/mol. The number of aromatic nitrogens is 1. The number of likely N-dealkylation sites (tertiary alicyclic amines) is 1. The van der Waals surface area contributed by atoms with Crippen LogP contribution in [0.3, 0.4) is 0 Å². The molecule has 0 saturated carbocycles. The van der Waals surface area contributed by atoms with E-state index in [4.69, 9.17) is 14.2 Å². The van der Waals surface area contributed by atoms with Crippen LogP contribution in [0.2, 0.25) is 0 Å². The molecule has 3 amide bonds. The van der Waals surface area contributed by atoms with Crippen molar-refractivity contribution >= 4 is 35.6 Å². The lowest BCUT2D eigenvalue weighted by molar-refractivity contribution is -0.268. The summed E-state index contributed by atoms with van der Waals surface area (Å²) in [5.74, 6) is -1.64. The molecule has 292 valence electrons. The van der Waals surface area contributed by atoms with E-state index in [9.17, 15) is 29.4 Å². The first-order valence-corrected chi connectivity index (χ1v) is 19.5. The van der Waals surface area contributed by atoms with Crippen molar-refractivity contribution in [2.45, 2.75) is 62.7 Å². The Balaban J connectivity index is 1.06. The number of hydrogen-bond donors (Lipinski definition) is 3. The van der Waals surface area contributed by atoms with E-state index in [2.05, 4.69) is 10.3 Å². The van der Waals surface area contributed by atoms with Crippen molar-refractivity contribution in [2.75, 3.05) is 5.75 Å². The first-order valence-electron chi connectivity index (χ1n) is 18.5. The molecule has 2 aliphatic heterocycles. The largest absolute Gasteiger partial charge is 0.478 e. The summed E-state index contributed by atoms with van der Waals surface area (Å²) in [4.78, 5) is 56.2. The average molecular weight is 788 g/mol. The minimum absolute atomic E-state index is 0.0233. The second-order valence-electron chi connectivity index (χ2n) is 13.9. The molecule has 7 rings (SSSR count). The zero-order chi connectivity index (χ0) is 39.9. The van der Waals surface area contributed by atoms with Gasteiger partial charge in [0.25, 0.3) is 5.91 Å². The standard InChI is InChI=1S/C44H41N3O9S/c1-27-37(26-57-40-35(42(51)52)12-7-21-45-40)55-43(56-39(27)31-15-13-28(24-48)14-16-31)32-19-17-30(18-20-32)34-11-6-5-10-33(34)23-47-38(49)22-36(41(47)50)46-44(53)54-25-29-8-3-2-4-9-29/h2-21,27,36-37,39,43,48H,22-26H2,1H3,(H,46,53)(H,51,52).